The number of hydrogen-bond donors (Lipinski definition) is 1. The Morgan fingerprint density at radius 3 is 2.88 bits per heavy atom. The fourth-order valence-electron chi connectivity index (χ4n) is 2.31. The largest absolute Gasteiger partial charge is 0.487 e. The van der Waals surface area contributed by atoms with E-state index in [1.807, 2.05) is 55.6 Å². The molecule has 0 aliphatic heterocycles. The zero-order chi connectivity index (χ0) is 18.4. The number of aryl methyl sites for hydroxylation is 2. The van der Waals surface area contributed by atoms with Gasteiger partial charge in [-0.15, -0.1) is 11.3 Å². The zero-order valence-electron chi connectivity index (χ0n) is 14.6. The minimum absolute atomic E-state index is 0.243. The first-order chi connectivity index (χ1) is 12.6. The van der Waals surface area contributed by atoms with E-state index >= 15 is 0 Å². The van der Waals surface area contributed by atoms with Crippen molar-refractivity contribution in [1.82, 2.24) is 9.97 Å². The number of pyridine rings is 1. The summed E-state index contributed by atoms with van der Waals surface area (Å²) in [5.41, 5.74) is 2.76. The normalized spacial score (nSPS) is 10.8. The lowest BCUT2D eigenvalue weighted by Crippen LogP contribution is -2.09. The van der Waals surface area contributed by atoms with Gasteiger partial charge in [0.2, 0.25) is 5.91 Å². The molecular formula is C20H19N3O2S. The fraction of sp³-hybridized carbons (Fsp3) is 0.150. The molecule has 3 rings (SSSR count). The van der Waals surface area contributed by atoms with Crippen LogP contribution in [0.25, 0.3) is 6.08 Å². The number of aromatic nitrogens is 2. The molecule has 0 aliphatic carbocycles. The van der Waals surface area contributed by atoms with Gasteiger partial charge in [-0.3, -0.25) is 4.79 Å². The summed E-state index contributed by atoms with van der Waals surface area (Å²) in [5.74, 6) is 0.993. The zero-order valence-corrected chi connectivity index (χ0v) is 15.4. The van der Waals surface area contributed by atoms with Crippen molar-refractivity contribution in [3.05, 3.63) is 75.9 Å². The van der Waals surface area contributed by atoms with Crippen LogP contribution in [0.4, 0.5) is 5.82 Å². The first-order valence-electron chi connectivity index (χ1n) is 8.15. The molecule has 0 atom stereocenters. The monoisotopic (exact) mass is 365 g/mol. The molecule has 0 saturated heterocycles. The average molecular weight is 365 g/mol. The van der Waals surface area contributed by atoms with Crippen LogP contribution in [-0.2, 0) is 11.4 Å². The van der Waals surface area contributed by atoms with Crippen LogP contribution in [0.3, 0.4) is 0 Å². The van der Waals surface area contributed by atoms with Crippen molar-refractivity contribution in [3.63, 3.8) is 0 Å². The lowest BCUT2D eigenvalue weighted by molar-refractivity contribution is -0.111. The van der Waals surface area contributed by atoms with Crippen molar-refractivity contribution in [2.75, 3.05) is 5.32 Å². The molecule has 2 heterocycles. The maximum Gasteiger partial charge on any atom is 0.249 e. The van der Waals surface area contributed by atoms with Crippen molar-refractivity contribution >= 4 is 29.1 Å². The third kappa shape index (κ3) is 5.00. The van der Waals surface area contributed by atoms with E-state index in [1.165, 1.54) is 6.08 Å². The number of nitrogens with zero attached hydrogens (tertiary/aromatic N) is 2. The molecule has 132 valence electrons. The lowest BCUT2D eigenvalue weighted by atomic mass is 10.2. The Morgan fingerprint density at radius 2 is 2.12 bits per heavy atom. The second-order valence-corrected chi connectivity index (χ2v) is 6.79. The Morgan fingerprint density at radius 1 is 1.27 bits per heavy atom. The molecular weight excluding hydrogens is 346 g/mol. The van der Waals surface area contributed by atoms with Gasteiger partial charge in [0, 0.05) is 23.2 Å². The van der Waals surface area contributed by atoms with E-state index < -0.39 is 0 Å². The van der Waals surface area contributed by atoms with E-state index in [0.29, 0.717) is 18.2 Å². The molecule has 0 unspecified atom stereocenters. The summed E-state index contributed by atoms with van der Waals surface area (Å²) >= 11 is 1.60. The van der Waals surface area contributed by atoms with Gasteiger partial charge < -0.3 is 10.1 Å². The standard InChI is InChI=1S/C20H19N3O2S/c1-14-9-10-21-19(11-14)23-20(24)8-7-16-5-3-4-6-18(16)25-12-17-13-26-15(2)22-17/h3-11,13H,12H2,1-2H3,(H,21,23,24)/b8-7+. The molecule has 1 amide bonds. The molecule has 0 fully saturated rings. The van der Waals surface area contributed by atoms with Gasteiger partial charge in [0.15, 0.2) is 0 Å². The molecule has 0 spiro atoms. The summed E-state index contributed by atoms with van der Waals surface area (Å²) in [4.78, 5) is 20.6. The lowest BCUT2D eigenvalue weighted by Gasteiger charge is -2.08. The van der Waals surface area contributed by atoms with E-state index in [2.05, 4.69) is 15.3 Å². The number of amides is 1. The number of rotatable bonds is 6. The Labute approximate surface area is 156 Å². The molecule has 1 aromatic carbocycles. The molecule has 0 bridgehead atoms. The molecule has 1 N–H and O–H groups in total. The van der Waals surface area contributed by atoms with E-state index in [0.717, 1.165) is 21.8 Å². The van der Waals surface area contributed by atoms with Gasteiger partial charge in [0.1, 0.15) is 18.2 Å². The first-order valence-corrected chi connectivity index (χ1v) is 9.03. The average Bonchev–Trinajstić information content (AvgIpc) is 3.04. The smallest absolute Gasteiger partial charge is 0.249 e. The van der Waals surface area contributed by atoms with Crippen LogP contribution in [0.5, 0.6) is 5.75 Å². The van der Waals surface area contributed by atoms with Crippen LogP contribution >= 0.6 is 11.3 Å². The highest BCUT2D eigenvalue weighted by Gasteiger charge is 2.04. The summed E-state index contributed by atoms with van der Waals surface area (Å²) in [7, 11) is 0. The molecule has 0 aliphatic rings. The van der Waals surface area contributed by atoms with Crippen LogP contribution in [0.2, 0.25) is 0 Å². The highest BCUT2D eigenvalue weighted by molar-refractivity contribution is 7.09. The molecule has 26 heavy (non-hydrogen) atoms. The summed E-state index contributed by atoms with van der Waals surface area (Å²) in [5, 5.41) is 5.74. The number of carbonyl (C=O) groups is 1. The van der Waals surface area contributed by atoms with Crippen LogP contribution in [-0.4, -0.2) is 15.9 Å². The SMILES string of the molecule is Cc1ccnc(NC(=O)/C=C/c2ccccc2OCc2csc(C)n2)c1. The predicted octanol–water partition coefficient (Wildman–Crippen LogP) is 4.39. The van der Waals surface area contributed by atoms with Crippen molar-refractivity contribution < 1.29 is 9.53 Å². The molecule has 2 aromatic heterocycles. The van der Waals surface area contributed by atoms with Gasteiger partial charge in [-0.2, -0.15) is 0 Å². The van der Waals surface area contributed by atoms with Gasteiger partial charge in [0.25, 0.3) is 0 Å². The summed E-state index contributed by atoms with van der Waals surface area (Å²) < 4.78 is 5.85. The first kappa shape index (κ1) is 17.8. The number of ether oxygens (including phenoxy) is 1. The Hall–Kier alpha value is -2.99. The highest BCUT2D eigenvalue weighted by Crippen LogP contribution is 2.21. The van der Waals surface area contributed by atoms with Gasteiger partial charge in [0.05, 0.1) is 10.7 Å². The van der Waals surface area contributed by atoms with Crippen molar-refractivity contribution in [1.29, 1.82) is 0 Å². The minimum atomic E-state index is -0.243. The second kappa shape index (κ2) is 8.40. The highest BCUT2D eigenvalue weighted by atomic mass is 32.1. The number of carbonyl (C=O) groups excluding carboxylic acids is 1. The molecule has 5 nitrogen and oxygen atoms in total. The number of thiazole rings is 1. The second-order valence-electron chi connectivity index (χ2n) is 5.73. The molecule has 6 heteroatoms. The minimum Gasteiger partial charge on any atom is -0.487 e. The third-order valence-electron chi connectivity index (χ3n) is 3.54. The van der Waals surface area contributed by atoms with E-state index in [4.69, 9.17) is 4.74 Å². The van der Waals surface area contributed by atoms with Crippen LogP contribution < -0.4 is 10.1 Å². The van der Waals surface area contributed by atoms with Gasteiger partial charge >= 0.3 is 0 Å². The number of hydrogen-bond acceptors (Lipinski definition) is 5. The van der Waals surface area contributed by atoms with Crippen LogP contribution in [0, 0.1) is 13.8 Å². The summed E-state index contributed by atoms with van der Waals surface area (Å²) in [6, 6.07) is 11.3. The third-order valence-corrected chi connectivity index (χ3v) is 4.36. The Bertz CT molecular complexity index is 934. The number of nitrogens with one attached hydrogen (secondary N) is 1. The molecule has 0 saturated carbocycles. The van der Waals surface area contributed by atoms with Crippen molar-refractivity contribution in [2.24, 2.45) is 0 Å². The summed E-state index contributed by atoms with van der Waals surface area (Å²) in [6.07, 6.45) is 4.87. The number of para-hydroxylation sites is 1. The fourth-order valence-corrected chi connectivity index (χ4v) is 2.91. The maximum absolute atomic E-state index is 12.1. The quantitative estimate of drug-likeness (QED) is 0.658. The predicted molar refractivity (Wildman–Crippen MR) is 104 cm³/mol. The molecule has 3 aromatic rings. The maximum atomic E-state index is 12.1. The van der Waals surface area contributed by atoms with Crippen LogP contribution in [0.1, 0.15) is 21.8 Å². The van der Waals surface area contributed by atoms with Gasteiger partial charge in [-0.05, 0) is 43.7 Å². The van der Waals surface area contributed by atoms with E-state index in [9.17, 15) is 4.79 Å². The van der Waals surface area contributed by atoms with Gasteiger partial charge in [-0.1, -0.05) is 18.2 Å². The number of benzene rings is 1. The summed E-state index contributed by atoms with van der Waals surface area (Å²) in [6.45, 7) is 4.31. The van der Waals surface area contributed by atoms with Crippen molar-refractivity contribution in [2.45, 2.75) is 20.5 Å². The number of anilines is 1. The van der Waals surface area contributed by atoms with E-state index in [1.54, 1.807) is 23.6 Å². The van der Waals surface area contributed by atoms with E-state index in [-0.39, 0.29) is 5.91 Å². The molecule has 0 radical (unpaired) electrons. The Balaban J connectivity index is 1.65. The van der Waals surface area contributed by atoms with Crippen molar-refractivity contribution in [3.8, 4) is 5.75 Å². The van der Waals surface area contributed by atoms with Gasteiger partial charge in [-0.25, -0.2) is 9.97 Å². The topological polar surface area (TPSA) is 64.1 Å². The van der Waals surface area contributed by atoms with Crippen LogP contribution in [0.15, 0.2) is 54.1 Å². The Kier molecular flexibility index (Phi) is 5.76.